The maximum Gasteiger partial charge on any atom is 0.294 e. The first-order chi connectivity index (χ1) is 13.8. The van der Waals surface area contributed by atoms with Crippen molar-refractivity contribution in [3.63, 3.8) is 0 Å². The number of fused-ring (bicyclic) bond motifs is 1. The molecule has 29 heavy (non-hydrogen) atoms. The third-order valence-corrected chi connectivity index (χ3v) is 5.35. The number of halogens is 1. The summed E-state index contributed by atoms with van der Waals surface area (Å²) >= 11 is 6.38. The molecule has 0 radical (unpaired) electrons. The maximum absolute atomic E-state index is 13.2. The molecule has 3 aromatic rings. The number of benzene rings is 1. The van der Waals surface area contributed by atoms with Crippen LogP contribution in [0.4, 0.5) is 0 Å². The lowest BCUT2D eigenvalue weighted by Crippen LogP contribution is -2.42. The summed E-state index contributed by atoms with van der Waals surface area (Å²) in [6, 6.07) is 6.46. The van der Waals surface area contributed by atoms with Crippen molar-refractivity contribution in [1.29, 1.82) is 0 Å². The SMILES string of the molecule is C[C@H](NC(=O)c1cn2cc(-c3ccccc3Cl)n(CC3CC3)c(=O)c2n1)C(N)=O. The minimum Gasteiger partial charge on any atom is -0.368 e. The van der Waals surface area contributed by atoms with E-state index in [0.29, 0.717) is 23.2 Å². The second-order valence-electron chi connectivity index (χ2n) is 7.31. The average Bonchev–Trinajstić information content (AvgIpc) is 3.40. The molecule has 2 heterocycles. The second-order valence-corrected chi connectivity index (χ2v) is 7.72. The zero-order chi connectivity index (χ0) is 20.7. The fourth-order valence-electron chi connectivity index (χ4n) is 3.16. The van der Waals surface area contributed by atoms with E-state index < -0.39 is 17.9 Å². The van der Waals surface area contributed by atoms with Crippen LogP contribution in [0.5, 0.6) is 0 Å². The molecule has 1 atom stereocenters. The van der Waals surface area contributed by atoms with Gasteiger partial charge in [0, 0.05) is 29.5 Å². The van der Waals surface area contributed by atoms with Crippen LogP contribution in [0.15, 0.2) is 41.5 Å². The van der Waals surface area contributed by atoms with Crippen LogP contribution >= 0.6 is 11.6 Å². The first-order valence-corrected chi connectivity index (χ1v) is 9.70. The summed E-state index contributed by atoms with van der Waals surface area (Å²) in [7, 11) is 0. The van der Waals surface area contributed by atoms with Crippen LogP contribution in [0.2, 0.25) is 5.02 Å². The van der Waals surface area contributed by atoms with Crippen LogP contribution in [0, 0.1) is 5.92 Å². The third kappa shape index (κ3) is 3.75. The van der Waals surface area contributed by atoms with Gasteiger partial charge in [0.05, 0.1) is 5.69 Å². The smallest absolute Gasteiger partial charge is 0.294 e. The molecular weight excluding hydrogens is 394 g/mol. The van der Waals surface area contributed by atoms with Crippen molar-refractivity contribution in [2.45, 2.75) is 32.4 Å². The molecule has 1 saturated carbocycles. The number of nitrogens with zero attached hydrogens (tertiary/aromatic N) is 3. The standard InChI is InChI=1S/C20H20ClN5O3/c1-11(17(22)27)23-19(28)15-9-25-10-16(13-4-2-3-5-14(13)21)26(8-12-6-7-12)20(29)18(25)24-15/h2-5,9-12H,6-8H2,1H3,(H2,22,27)(H,23,28)/t11-/m0/s1. The molecule has 4 rings (SSSR count). The number of imidazole rings is 1. The summed E-state index contributed by atoms with van der Waals surface area (Å²) in [5.41, 5.74) is 6.46. The third-order valence-electron chi connectivity index (χ3n) is 5.02. The van der Waals surface area contributed by atoms with Crippen LogP contribution in [-0.2, 0) is 11.3 Å². The molecule has 0 aliphatic heterocycles. The van der Waals surface area contributed by atoms with Gasteiger partial charge in [-0.05, 0) is 31.7 Å². The minimum absolute atomic E-state index is 0.0319. The summed E-state index contributed by atoms with van der Waals surface area (Å²) in [4.78, 5) is 41.0. The highest BCUT2D eigenvalue weighted by atomic mass is 35.5. The summed E-state index contributed by atoms with van der Waals surface area (Å²) in [6.45, 7) is 2.05. The van der Waals surface area contributed by atoms with E-state index in [-0.39, 0.29) is 16.9 Å². The highest BCUT2D eigenvalue weighted by Gasteiger charge is 2.26. The van der Waals surface area contributed by atoms with Gasteiger partial charge in [-0.15, -0.1) is 0 Å². The van der Waals surface area contributed by atoms with Crippen LogP contribution in [0.3, 0.4) is 0 Å². The fourth-order valence-corrected chi connectivity index (χ4v) is 3.39. The summed E-state index contributed by atoms with van der Waals surface area (Å²) in [5.74, 6) is -0.784. The number of hydrogen-bond acceptors (Lipinski definition) is 4. The Morgan fingerprint density at radius 2 is 2.03 bits per heavy atom. The van der Waals surface area contributed by atoms with Crippen molar-refractivity contribution < 1.29 is 9.59 Å². The van der Waals surface area contributed by atoms with Crippen LogP contribution in [-0.4, -0.2) is 31.8 Å². The Hall–Kier alpha value is -3.13. The first-order valence-electron chi connectivity index (χ1n) is 9.32. The van der Waals surface area contributed by atoms with Crippen LogP contribution in [0.1, 0.15) is 30.3 Å². The quantitative estimate of drug-likeness (QED) is 0.642. The van der Waals surface area contributed by atoms with Gasteiger partial charge < -0.3 is 15.6 Å². The van der Waals surface area contributed by atoms with E-state index in [4.69, 9.17) is 17.3 Å². The molecule has 3 N–H and O–H groups in total. The number of carbonyl (C=O) groups is 2. The highest BCUT2D eigenvalue weighted by Crippen LogP contribution is 2.33. The molecule has 2 amide bonds. The van der Waals surface area contributed by atoms with Crippen LogP contribution in [0.25, 0.3) is 16.9 Å². The van der Waals surface area contributed by atoms with Crippen molar-refractivity contribution in [3.8, 4) is 11.3 Å². The number of hydrogen-bond donors (Lipinski definition) is 2. The number of rotatable bonds is 6. The lowest BCUT2D eigenvalue weighted by molar-refractivity contribution is -0.119. The van der Waals surface area contributed by atoms with Gasteiger partial charge >= 0.3 is 0 Å². The van der Waals surface area contributed by atoms with Crippen molar-refractivity contribution in [2.24, 2.45) is 11.7 Å². The van der Waals surface area contributed by atoms with Gasteiger partial charge in [0.1, 0.15) is 11.7 Å². The molecule has 1 aliphatic rings. The topological polar surface area (TPSA) is 111 Å². The lowest BCUT2D eigenvalue weighted by Gasteiger charge is -2.14. The molecule has 0 bridgehead atoms. The van der Waals surface area contributed by atoms with E-state index in [0.717, 1.165) is 18.4 Å². The Labute approximate surface area is 171 Å². The summed E-state index contributed by atoms with van der Waals surface area (Å²) in [5, 5.41) is 3.00. The molecule has 1 fully saturated rings. The van der Waals surface area contributed by atoms with Gasteiger partial charge in [-0.1, -0.05) is 29.8 Å². The van der Waals surface area contributed by atoms with Gasteiger partial charge in [0.2, 0.25) is 11.6 Å². The second kappa shape index (κ2) is 7.36. The monoisotopic (exact) mass is 413 g/mol. The molecular formula is C20H20ClN5O3. The molecule has 150 valence electrons. The predicted octanol–water partition coefficient (Wildman–Crippen LogP) is 1.83. The van der Waals surface area contributed by atoms with Crippen molar-refractivity contribution in [3.05, 3.63) is 57.7 Å². The molecule has 0 spiro atoms. The van der Waals surface area contributed by atoms with Crippen molar-refractivity contribution in [1.82, 2.24) is 19.3 Å². The van der Waals surface area contributed by atoms with E-state index >= 15 is 0 Å². The van der Waals surface area contributed by atoms with Crippen LogP contribution < -0.4 is 16.6 Å². The van der Waals surface area contributed by atoms with Gasteiger partial charge in [0.15, 0.2) is 0 Å². The Morgan fingerprint density at radius 1 is 1.31 bits per heavy atom. The van der Waals surface area contributed by atoms with E-state index in [1.807, 2.05) is 18.2 Å². The molecule has 2 aromatic heterocycles. The Kier molecular flexibility index (Phi) is 4.87. The molecule has 1 aromatic carbocycles. The minimum atomic E-state index is -0.850. The Morgan fingerprint density at radius 3 is 2.69 bits per heavy atom. The summed E-state index contributed by atoms with van der Waals surface area (Å²) < 4.78 is 3.20. The maximum atomic E-state index is 13.2. The number of aromatic nitrogens is 3. The van der Waals surface area contributed by atoms with E-state index in [2.05, 4.69) is 10.3 Å². The van der Waals surface area contributed by atoms with Crippen molar-refractivity contribution in [2.75, 3.05) is 0 Å². The molecule has 9 heteroatoms. The molecule has 0 saturated heterocycles. The number of nitrogens with one attached hydrogen (secondary N) is 1. The van der Waals surface area contributed by atoms with E-state index in [1.54, 1.807) is 16.8 Å². The van der Waals surface area contributed by atoms with Crippen molar-refractivity contribution >= 4 is 29.1 Å². The summed E-state index contributed by atoms with van der Waals surface area (Å²) in [6.07, 6.45) is 5.36. The fraction of sp³-hybridized carbons (Fsp3) is 0.300. The predicted molar refractivity (Wildman–Crippen MR) is 109 cm³/mol. The van der Waals surface area contributed by atoms with Gasteiger partial charge in [-0.2, -0.15) is 0 Å². The zero-order valence-corrected chi connectivity index (χ0v) is 16.5. The zero-order valence-electron chi connectivity index (χ0n) is 15.8. The number of carbonyl (C=O) groups excluding carboxylic acids is 2. The van der Waals surface area contributed by atoms with Gasteiger partial charge in [-0.25, -0.2) is 4.98 Å². The number of primary amides is 1. The number of amides is 2. The first kappa shape index (κ1) is 19.2. The molecule has 8 nitrogen and oxygen atoms in total. The Bertz CT molecular complexity index is 1180. The Balaban J connectivity index is 1.83. The normalized spacial score (nSPS) is 14.7. The molecule has 0 unspecified atom stereocenters. The average molecular weight is 414 g/mol. The lowest BCUT2D eigenvalue weighted by atomic mass is 10.1. The van der Waals surface area contributed by atoms with E-state index in [1.165, 1.54) is 17.5 Å². The molecule has 1 aliphatic carbocycles. The van der Waals surface area contributed by atoms with Gasteiger partial charge in [-0.3, -0.25) is 18.8 Å². The largest absolute Gasteiger partial charge is 0.368 e. The number of nitrogens with two attached hydrogens (primary N) is 1. The van der Waals surface area contributed by atoms with E-state index in [9.17, 15) is 14.4 Å². The van der Waals surface area contributed by atoms with Gasteiger partial charge in [0.25, 0.3) is 11.5 Å². The highest BCUT2D eigenvalue weighted by molar-refractivity contribution is 6.33.